The maximum absolute atomic E-state index is 14.0. The number of nitrogens with one attached hydrogen (secondary N) is 2. The summed E-state index contributed by atoms with van der Waals surface area (Å²) in [6.07, 6.45) is -0.786. The predicted molar refractivity (Wildman–Crippen MR) is 162 cm³/mol. The Balaban J connectivity index is 1.37. The Bertz CT molecular complexity index is 1320. The molecule has 0 bridgehead atoms. The first-order chi connectivity index (χ1) is 21.1. The van der Waals surface area contributed by atoms with E-state index in [2.05, 4.69) is 22.2 Å². The third-order valence-electron chi connectivity index (χ3n) is 7.49. The Morgan fingerprint density at radius 3 is 2.14 bits per heavy atom. The van der Waals surface area contributed by atoms with Crippen molar-refractivity contribution in [2.75, 3.05) is 61.9 Å². The topological polar surface area (TPSA) is 99.3 Å². The van der Waals surface area contributed by atoms with E-state index in [1.807, 2.05) is 4.90 Å². The van der Waals surface area contributed by atoms with Crippen LogP contribution in [0.2, 0.25) is 0 Å². The molecule has 10 nitrogen and oxygen atoms in total. The second-order valence-electron chi connectivity index (χ2n) is 10.6. The highest BCUT2D eigenvalue weighted by atomic mass is 19.4. The number of urea groups is 1. The normalized spacial score (nSPS) is 16.2. The van der Waals surface area contributed by atoms with Crippen molar-refractivity contribution in [1.29, 1.82) is 0 Å². The number of likely N-dealkylation sites (tertiary alicyclic amines) is 1. The average Bonchev–Trinajstić information content (AvgIpc) is 3.03. The van der Waals surface area contributed by atoms with Crippen LogP contribution in [0.25, 0.3) is 0 Å². The van der Waals surface area contributed by atoms with Crippen LogP contribution in [-0.2, 0) is 9.53 Å². The number of piperazine rings is 1. The summed E-state index contributed by atoms with van der Waals surface area (Å²) >= 11 is 0. The van der Waals surface area contributed by atoms with Crippen molar-refractivity contribution >= 4 is 29.1 Å². The quantitative estimate of drug-likeness (QED) is 0.251. The highest BCUT2D eigenvalue weighted by Crippen LogP contribution is 2.34. The summed E-state index contributed by atoms with van der Waals surface area (Å²) < 4.78 is 52.7. The molecule has 1 aromatic heterocycles. The molecule has 0 radical (unpaired) electrons. The first-order valence-electron chi connectivity index (χ1n) is 14.7. The zero-order valence-corrected chi connectivity index (χ0v) is 25.1. The van der Waals surface area contributed by atoms with E-state index in [-0.39, 0.29) is 30.4 Å². The van der Waals surface area contributed by atoms with Gasteiger partial charge in [-0.3, -0.25) is 4.79 Å². The number of halogens is 3. The summed E-state index contributed by atoms with van der Waals surface area (Å²) in [6, 6.07) is 10.1. The fraction of sp³-hybridized carbons (Fsp3) is 0.452. The Morgan fingerprint density at radius 1 is 0.909 bits per heavy atom. The highest BCUT2D eigenvalue weighted by molar-refractivity contribution is 6.03. The minimum Gasteiger partial charge on any atom is -0.497 e. The molecule has 4 rings (SSSR count). The molecule has 0 aliphatic carbocycles. The van der Waals surface area contributed by atoms with Gasteiger partial charge in [0.2, 0.25) is 5.76 Å². The zero-order valence-electron chi connectivity index (χ0n) is 25.1. The number of hydrogen-bond donors (Lipinski definition) is 2. The standard InChI is InChI=1S/C31H39F3N6O4/c1-4-8-26(31(32,33)34)28(44-22(2)38-15-6-5-7-16-38)29(41)36-24-11-14-27(35-21-24)39-17-19-40(20-18-39)30(42)37-23-9-12-25(43-3)13-10-23/h9-14,21H,2,4-8,15-20H2,1,3H3,(H,36,41)(H,37,42). The molecule has 2 aliphatic heterocycles. The zero-order chi connectivity index (χ0) is 31.7. The van der Waals surface area contributed by atoms with Gasteiger partial charge < -0.3 is 34.8 Å². The Hall–Kier alpha value is -4.42. The van der Waals surface area contributed by atoms with E-state index in [9.17, 15) is 22.8 Å². The van der Waals surface area contributed by atoms with Crippen LogP contribution >= 0.6 is 0 Å². The summed E-state index contributed by atoms with van der Waals surface area (Å²) in [5.41, 5.74) is -0.151. The van der Waals surface area contributed by atoms with Gasteiger partial charge >= 0.3 is 12.2 Å². The first-order valence-corrected chi connectivity index (χ1v) is 14.7. The molecule has 2 aromatic rings. The number of rotatable bonds is 10. The Labute approximate surface area is 255 Å². The second kappa shape index (κ2) is 14.8. The molecule has 1 aromatic carbocycles. The van der Waals surface area contributed by atoms with Gasteiger partial charge in [0.05, 0.1) is 24.6 Å². The summed E-state index contributed by atoms with van der Waals surface area (Å²) in [6.45, 7) is 8.62. The van der Waals surface area contributed by atoms with Crippen molar-refractivity contribution in [3.63, 3.8) is 0 Å². The van der Waals surface area contributed by atoms with Crippen LogP contribution < -0.4 is 20.3 Å². The Morgan fingerprint density at radius 2 is 1.57 bits per heavy atom. The van der Waals surface area contributed by atoms with Gasteiger partial charge in [-0.05, 0) is 68.7 Å². The van der Waals surface area contributed by atoms with E-state index in [1.54, 1.807) is 60.2 Å². The number of carbonyl (C=O) groups excluding carboxylic acids is 2. The lowest BCUT2D eigenvalue weighted by molar-refractivity contribution is -0.120. The minimum absolute atomic E-state index is 0.0259. The third-order valence-corrected chi connectivity index (χ3v) is 7.49. The SMILES string of the molecule is C=C(OC(C(=O)Nc1ccc(N2CCN(C(=O)Nc3ccc(OC)cc3)CC2)nc1)=C(CCC)C(F)(F)F)N1CCCCC1. The summed E-state index contributed by atoms with van der Waals surface area (Å²) in [4.78, 5) is 35.8. The molecule has 13 heteroatoms. The molecular weight excluding hydrogens is 577 g/mol. The van der Waals surface area contributed by atoms with Crippen molar-refractivity contribution in [2.24, 2.45) is 0 Å². The number of alkyl halides is 3. The van der Waals surface area contributed by atoms with Gasteiger partial charge in [-0.1, -0.05) is 13.3 Å². The van der Waals surface area contributed by atoms with Crippen LogP contribution in [-0.4, -0.2) is 79.3 Å². The van der Waals surface area contributed by atoms with Crippen molar-refractivity contribution in [1.82, 2.24) is 14.8 Å². The van der Waals surface area contributed by atoms with Gasteiger partial charge in [0, 0.05) is 45.0 Å². The minimum atomic E-state index is -4.75. The number of carbonyl (C=O) groups is 2. The third kappa shape index (κ3) is 8.57. The number of hydrogen-bond acceptors (Lipinski definition) is 7. The lowest BCUT2D eigenvalue weighted by Gasteiger charge is -2.35. The fourth-order valence-electron chi connectivity index (χ4n) is 5.06. The van der Waals surface area contributed by atoms with E-state index in [4.69, 9.17) is 9.47 Å². The summed E-state index contributed by atoms with van der Waals surface area (Å²) in [7, 11) is 1.57. The number of ether oxygens (including phenoxy) is 2. The lowest BCUT2D eigenvalue weighted by atomic mass is 10.1. The van der Waals surface area contributed by atoms with Crippen LogP contribution in [0.15, 0.2) is 66.4 Å². The van der Waals surface area contributed by atoms with Crippen LogP contribution in [0.1, 0.15) is 39.0 Å². The maximum Gasteiger partial charge on any atom is 0.416 e. The van der Waals surface area contributed by atoms with Crippen molar-refractivity contribution in [2.45, 2.75) is 45.2 Å². The molecule has 2 aliphatic rings. The molecule has 2 N–H and O–H groups in total. The molecule has 3 amide bonds. The number of methoxy groups -OCH3 is 1. The Kier molecular flexibility index (Phi) is 11.0. The van der Waals surface area contributed by atoms with E-state index in [1.165, 1.54) is 6.20 Å². The molecule has 0 spiro atoms. The van der Waals surface area contributed by atoms with Gasteiger partial charge in [0.25, 0.3) is 5.91 Å². The number of benzene rings is 1. The van der Waals surface area contributed by atoms with E-state index >= 15 is 0 Å². The van der Waals surface area contributed by atoms with Crippen molar-refractivity contribution in [3.05, 3.63) is 66.4 Å². The second-order valence-corrected chi connectivity index (χ2v) is 10.6. The first kappa shape index (κ1) is 32.5. The number of allylic oxidation sites excluding steroid dienone is 1. The van der Waals surface area contributed by atoms with Gasteiger partial charge in [0.1, 0.15) is 11.6 Å². The van der Waals surface area contributed by atoms with Gasteiger partial charge in [-0.15, -0.1) is 0 Å². The molecule has 0 unspecified atom stereocenters. The highest BCUT2D eigenvalue weighted by Gasteiger charge is 2.39. The molecule has 2 fully saturated rings. The van der Waals surface area contributed by atoms with E-state index in [0.29, 0.717) is 56.5 Å². The summed E-state index contributed by atoms with van der Waals surface area (Å²) in [5.74, 6) is -0.483. The molecule has 0 saturated carbocycles. The molecule has 238 valence electrons. The smallest absolute Gasteiger partial charge is 0.416 e. The molecular formula is C31H39F3N6O4. The van der Waals surface area contributed by atoms with E-state index in [0.717, 1.165) is 19.3 Å². The van der Waals surface area contributed by atoms with Crippen LogP contribution in [0, 0.1) is 0 Å². The number of pyridine rings is 1. The fourth-order valence-corrected chi connectivity index (χ4v) is 5.06. The van der Waals surface area contributed by atoms with Gasteiger partial charge in [-0.2, -0.15) is 13.2 Å². The predicted octanol–water partition coefficient (Wildman–Crippen LogP) is 5.97. The summed E-state index contributed by atoms with van der Waals surface area (Å²) in [5, 5.41) is 5.38. The van der Waals surface area contributed by atoms with Gasteiger partial charge in [-0.25, -0.2) is 9.78 Å². The molecule has 44 heavy (non-hydrogen) atoms. The number of piperidine rings is 1. The van der Waals surface area contributed by atoms with Crippen molar-refractivity contribution in [3.8, 4) is 5.75 Å². The van der Waals surface area contributed by atoms with Crippen LogP contribution in [0.3, 0.4) is 0 Å². The number of anilines is 3. The maximum atomic E-state index is 14.0. The molecule has 2 saturated heterocycles. The largest absolute Gasteiger partial charge is 0.497 e. The molecule has 3 heterocycles. The van der Waals surface area contributed by atoms with Gasteiger partial charge in [0.15, 0.2) is 5.88 Å². The van der Waals surface area contributed by atoms with E-state index < -0.39 is 23.4 Å². The monoisotopic (exact) mass is 616 g/mol. The lowest BCUT2D eigenvalue weighted by Crippen LogP contribution is -2.50. The average molecular weight is 617 g/mol. The van der Waals surface area contributed by atoms with Crippen LogP contribution in [0.4, 0.5) is 35.2 Å². The molecule has 0 atom stereocenters. The number of amides is 3. The van der Waals surface area contributed by atoms with Crippen LogP contribution in [0.5, 0.6) is 5.75 Å². The van der Waals surface area contributed by atoms with Crippen molar-refractivity contribution < 1.29 is 32.2 Å². The number of nitrogens with zero attached hydrogens (tertiary/aromatic N) is 4. The number of aromatic nitrogens is 1.